The quantitative estimate of drug-likeness (QED) is 0.597. The minimum absolute atomic E-state index is 0.0541. The number of aromatic hydroxyl groups is 1. The number of rotatable bonds is 5. The van der Waals surface area contributed by atoms with E-state index < -0.39 is 34.8 Å². The van der Waals surface area contributed by atoms with Crippen LogP contribution in [0.1, 0.15) is 57.7 Å². The lowest BCUT2D eigenvalue weighted by atomic mass is 10.00. The molecule has 0 bridgehead atoms. The Morgan fingerprint density at radius 1 is 1.18 bits per heavy atom. The van der Waals surface area contributed by atoms with Crippen LogP contribution in [0.15, 0.2) is 53.5 Å². The second kappa shape index (κ2) is 9.82. The molecule has 3 heterocycles. The van der Waals surface area contributed by atoms with Gasteiger partial charge in [-0.15, -0.1) is 0 Å². The van der Waals surface area contributed by atoms with Gasteiger partial charge in [-0.1, -0.05) is 18.2 Å². The summed E-state index contributed by atoms with van der Waals surface area (Å²) in [5.41, 5.74) is -0.295. The highest BCUT2D eigenvalue weighted by molar-refractivity contribution is 5.95. The predicted octanol–water partition coefficient (Wildman–Crippen LogP) is 2.32. The number of pyridine rings is 1. The van der Waals surface area contributed by atoms with E-state index in [0.717, 1.165) is 12.8 Å². The topological polar surface area (TPSA) is 117 Å². The third-order valence-corrected chi connectivity index (χ3v) is 5.83. The zero-order chi connectivity index (χ0) is 24.2. The SMILES string of the molecule is Cn1c(C2CCCCN2C(=O)c2ccccn2)nc(C(=O)NCc2ccc(F)cc2)c(O)c1=O. The highest BCUT2D eigenvalue weighted by Gasteiger charge is 2.33. The molecule has 0 aliphatic carbocycles. The molecule has 1 aromatic carbocycles. The number of halogens is 1. The van der Waals surface area contributed by atoms with Crippen LogP contribution in [-0.2, 0) is 13.6 Å². The normalized spacial score (nSPS) is 15.7. The second-order valence-electron chi connectivity index (χ2n) is 8.07. The fraction of sp³-hybridized carbons (Fsp3) is 0.292. The average Bonchev–Trinajstić information content (AvgIpc) is 2.87. The van der Waals surface area contributed by atoms with Gasteiger partial charge < -0.3 is 15.3 Å². The maximum absolute atomic E-state index is 13.1. The minimum atomic E-state index is -0.784. The van der Waals surface area contributed by atoms with Gasteiger partial charge in [0.25, 0.3) is 17.4 Å². The number of hydrogen-bond donors (Lipinski definition) is 2. The standard InChI is InChI=1S/C24H24FN5O4/c1-29-21(18-7-3-5-13-30(18)23(33)17-6-2-4-12-26-17)28-19(20(31)24(29)34)22(32)27-14-15-8-10-16(25)11-9-15/h2,4,6,8-12,18,31H,3,5,7,13-14H2,1H3,(H,27,32). The molecule has 4 rings (SSSR count). The maximum Gasteiger partial charge on any atom is 0.296 e. The summed E-state index contributed by atoms with van der Waals surface area (Å²) in [6.07, 6.45) is 3.66. The van der Waals surface area contributed by atoms with Crippen molar-refractivity contribution in [2.45, 2.75) is 31.8 Å². The van der Waals surface area contributed by atoms with Gasteiger partial charge in [-0.25, -0.2) is 9.37 Å². The predicted molar refractivity (Wildman–Crippen MR) is 121 cm³/mol. The molecular formula is C24H24FN5O4. The molecule has 2 N–H and O–H groups in total. The highest BCUT2D eigenvalue weighted by Crippen LogP contribution is 2.31. The van der Waals surface area contributed by atoms with Gasteiger partial charge in [-0.3, -0.25) is 23.9 Å². The smallest absolute Gasteiger partial charge is 0.296 e. The van der Waals surface area contributed by atoms with E-state index in [1.54, 1.807) is 23.1 Å². The minimum Gasteiger partial charge on any atom is -0.501 e. The van der Waals surface area contributed by atoms with Crippen LogP contribution in [0.5, 0.6) is 5.75 Å². The van der Waals surface area contributed by atoms with Gasteiger partial charge in [0.15, 0.2) is 5.69 Å². The molecule has 1 aliphatic rings. The zero-order valence-corrected chi connectivity index (χ0v) is 18.6. The molecule has 176 valence electrons. The van der Waals surface area contributed by atoms with Crippen LogP contribution < -0.4 is 10.9 Å². The average molecular weight is 465 g/mol. The first-order valence-electron chi connectivity index (χ1n) is 10.9. The summed E-state index contributed by atoms with van der Waals surface area (Å²) in [4.78, 5) is 48.8. The molecule has 1 atom stereocenters. The van der Waals surface area contributed by atoms with Crippen molar-refractivity contribution in [3.8, 4) is 5.75 Å². The van der Waals surface area contributed by atoms with E-state index in [2.05, 4.69) is 15.3 Å². The maximum atomic E-state index is 13.1. The van der Waals surface area contributed by atoms with E-state index >= 15 is 0 Å². The first kappa shape index (κ1) is 23.1. The molecule has 10 heteroatoms. The summed E-state index contributed by atoms with van der Waals surface area (Å²) >= 11 is 0. The van der Waals surface area contributed by atoms with Gasteiger partial charge in [0, 0.05) is 26.3 Å². The molecular weight excluding hydrogens is 441 g/mol. The van der Waals surface area contributed by atoms with Gasteiger partial charge in [0.1, 0.15) is 17.3 Å². The Hall–Kier alpha value is -4.08. The van der Waals surface area contributed by atoms with Crippen LogP contribution >= 0.6 is 0 Å². The van der Waals surface area contributed by atoms with Gasteiger partial charge in [-0.2, -0.15) is 0 Å². The van der Waals surface area contributed by atoms with Crippen molar-refractivity contribution in [3.05, 3.63) is 87.6 Å². The molecule has 1 aliphatic heterocycles. The number of benzene rings is 1. The Balaban J connectivity index is 1.64. The van der Waals surface area contributed by atoms with Gasteiger partial charge in [0.05, 0.1) is 6.04 Å². The van der Waals surface area contributed by atoms with Crippen molar-refractivity contribution in [1.29, 1.82) is 0 Å². The summed E-state index contributed by atoms with van der Waals surface area (Å²) in [6.45, 7) is 0.501. The number of carbonyl (C=O) groups is 2. The number of nitrogens with one attached hydrogen (secondary N) is 1. The first-order chi connectivity index (χ1) is 16.4. The molecule has 2 amide bonds. The largest absolute Gasteiger partial charge is 0.501 e. The lowest BCUT2D eigenvalue weighted by Crippen LogP contribution is -2.42. The molecule has 1 unspecified atom stereocenters. The lowest BCUT2D eigenvalue weighted by molar-refractivity contribution is 0.0587. The monoisotopic (exact) mass is 465 g/mol. The Bertz CT molecular complexity index is 1260. The molecule has 0 radical (unpaired) electrons. The molecule has 0 spiro atoms. The molecule has 3 aromatic rings. The Kier molecular flexibility index (Phi) is 6.67. The Morgan fingerprint density at radius 3 is 2.65 bits per heavy atom. The van der Waals surface area contributed by atoms with Crippen LogP contribution in [0.25, 0.3) is 0 Å². The third-order valence-electron chi connectivity index (χ3n) is 5.83. The van der Waals surface area contributed by atoms with Crippen molar-refractivity contribution in [1.82, 2.24) is 24.8 Å². The Labute approximate surface area is 194 Å². The Morgan fingerprint density at radius 2 is 1.94 bits per heavy atom. The van der Waals surface area contributed by atoms with Crippen LogP contribution in [0.3, 0.4) is 0 Å². The van der Waals surface area contributed by atoms with E-state index in [-0.39, 0.29) is 24.0 Å². The van der Waals surface area contributed by atoms with Crippen LogP contribution in [-0.4, -0.2) is 42.9 Å². The fourth-order valence-electron chi connectivity index (χ4n) is 4.01. The van der Waals surface area contributed by atoms with E-state index in [9.17, 15) is 23.9 Å². The summed E-state index contributed by atoms with van der Waals surface area (Å²) in [6, 6.07) is 10.1. The number of likely N-dealkylation sites (tertiary alicyclic amines) is 1. The number of aromatic nitrogens is 3. The van der Waals surface area contributed by atoms with E-state index in [4.69, 9.17) is 0 Å². The van der Waals surface area contributed by atoms with Crippen LogP contribution in [0, 0.1) is 5.82 Å². The molecule has 34 heavy (non-hydrogen) atoms. The molecule has 9 nitrogen and oxygen atoms in total. The van der Waals surface area contributed by atoms with Gasteiger partial charge >= 0.3 is 0 Å². The molecule has 2 aromatic heterocycles. The first-order valence-corrected chi connectivity index (χ1v) is 10.9. The second-order valence-corrected chi connectivity index (χ2v) is 8.07. The lowest BCUT2D eigenvalue weighted by Gasteiger charge is -2.35. The molecule has 1 fully saturated rings. The number of amides is 2. The van der Waals surface area contributed by atoms with Gasteiger partial charge in [0.2, 0.25) is 5.75 Å². The molecule has 0 saturated carbocycles. The number of hydrogen-bond acceptors (Lipinski definition) is 6. The summed E-state index contributed by atoms with van der Waals surface area (Å²) < 4.78 is 14.3. The summed E-state index contributed by atoms with van der Waals surface area (Å²) in [5, 5.41) is 13.0. The number of piperidine rings is 1. The van der Waals surface area contributed by atoms with Gasteiger partial charge in [-0.05, 0) is 49.1 Å². The summed E-state index contributed by atoms with van der Waals surface area (Å²) in [7, 11) is 1.45. The molecule has 1 saturated heterocycles. The van der Waals surface area contributed by atoms with Crippen molar-refractivity contribution in [2.24, 2.45) is 7.05 Å². The van der Waals surface area contributed by atoms with Crippen molar-refractivity contribution in [2.75, 3.05) is 6.54 Å². The zero-order valence-electron chi connectivity index (χ0n) is 18.6. The number of carbonyl (C=O) groups excluding carboxylic acids is 2. The fourth-order valence-corrected chi connectivity index (χ4v) is 4.01. The van der Waals surface area contributed by atoms with Crippen molar-refractivity contribution < 1.29 is 19.1 Å². The van der Waals surface area contributed by atoms with Crippen LogP contribution in [0.2, 0.25) is 0 Å². The third kappa shape index (κ3) is 4.66. The van der Waals surface area contributed by atoms with Crippen LogP contribution in [0.4, 0.5) is 4.39 Å². The van der Waals surface area contributed by atoms with E-state index in [0.29, 0.717) is 18.5 Å². The van der Waals surface area contributed by atoms with Crippen molar-refractivity contribution in [3.63, 3.8) is 0 Å². The van der Waals surface area contributed by atoms with E-state index in [1.807, 2.05) is 0 Å². The van der Waals surface area contributed by atoms with Crippen molar-refractivity contribution >= 4 is 11.8 Å². The number of nitrogens with zero attached hydrogens (tertiary/aromatic N) is 4. The van der Waals surface area contributed by atoms with E-state index in [1.165, 1.54) is 42.1 Å². The highest BCUT2D eigenvalue weighted by atomic mass is 19.1. The summed E-state index contributed by atoms with van der Waals surface area (Å²) in [5.74, 6) is -2.02.